The smallest absolute Gasteiger partial charge is 0.0181 e. The minimum Gasteiger partial charge on any atom is -0.0887 e. The molecule has 0 aromatic carbocycles. The first-order chi connectivity index (χ1) is 7.62. The normalized spacial score (nSPS) is 31.6. The summed E-state index contributed by atoms with van der Waals surface area (Å²) in [7, 11) is 0. The molecular formula is C16H31Br. The van der Waals surface area contributed by atoms with Gasteiger partial charge in [0.25, 0.3) is 0 Å². The van der Waals surface area contributed by atoms with E-state index in [1.165, 1.54) is 32.1 Å². The number of rotatable bonds is 3. The molecule has 0 saturated heterocycles. The fourth-order valence-electron chi connectivity index (χ4n) is 3.07. The Kier molecular flexibility index (Phi) is 5.15. The van der Waals surface area contributed by atoms with Crippen LogP contribution in [0.1, 0.15) is 73.6 Å². The highest BCUT2D eigenvalue weighted by Gasteiger charge is 2.37. The summed E-state index contributed by atoms with van der Waals surface area (Å²) in [6.07, 6.45) is 6.90. The van der Waals surface area contributed by atoms with Crippen LogP contribution in [-0.4, -0.2) is 4.83 Å². The lowest BCUT2D eigenvalue weighted by atomic mass is 9.66. The van der Waals surface area contributed by atoms with E-state index in [1.807, 2.05) is 0 Å². The van der Waals surface area contributed by atoms with Gasteiger partial charge in [-0.1, -0.05) is 63.9 Å². The summed E-state index contributed by atoms with van der Waals surface area (Å²) < 4.78 is 0. The third-order valence-corrected chi connectivity index (χ3v) is 5.57. The summed E-state index contributed by atoms with van der Waals surface area (Å²) in [5.41, 5.74) is 0.961. The average Bonchev–Trinajstić information content (AvgIpc) is 2.13. The third-order valence-electron chi connectivity index (χ3n) is 4.56. The fourth-order valence-corrected chi connectivity index (χ4v) is 4.69. The quantitative estimate of drug-likeness (QED) is 0.558. The van der Waals surface area contributed by atoms with Crippen LogP contribution in [0.15, 0.2) is 0 Å². The van der Waals surface area contributed by atoms with Gasteiger partial charge in [-0.25, -0.2) is 0 Å². The van der Waals surface area contributed by atoms with Crippen molar-refractivity contribution in [1.29, 1.82) is 0 Å². The van der Waals surface area contributed by atoms with E-state index in [0.29, 0.717) is 10.8 Å². The van der Waals surface area contributed by atoms with Crippen molar-refractivity contribution < 1.29 is 0 Å². The van der Waals surface area contributed by atoms with E-state index in [2.05, 4.69) is 57.5 Å². The summed E-state index contributed by atoms with van der Waals surface area (Å²) in [6.45, 7) is 14.4. The second-order valence-electron chi connectivity index (χ2n) is 8.09. The molecule has 102 valence electrons. The standard InChI is InChI=1S/C16H31Br/c1-12-7-8-13(14(17)11-12)16(5,6)10-9-15(2,3)4/h12-14H,7-11H2,1-6H3. The van der Waals surface area contributed by atoms with Crippen LogP contribution in [0.5, 0.6) is 0 Å². The van der Waals surface area contributed by atoms with E-state index in [0.717, 1.165) is 16.7 Å². The molecule has 0 heterocycles. The van der Waals surface area contributed by atoms with E-state index in [1.54, 1.807) is 0 Å². The Morgan fingerprint density at radius 2 is 1.59 bits per heavy atom. The highest BCUT2D eigenvalue weighted by Crippen LogP contribution is 2.46. The van der Waals surface area contributed by atoms with Gasteiger partial charge in [-0.05, 0) is 48.3 Å². The first-order valence-corrected chi connectivity index (χ1v) is 8.17. The van der Waals surface area contributed by atoms with Gasteiger partial charge >= 0.3 is 0 Å². The Labute approximate surface area is 117 Å². The zero-order chi connectivity index (χ0) is 13.3. The lowest BCUT2D eigenvalue weighted by Gasteiger charge is -2.43. The highest BCUT2D eigenvalue weighted by molar-refractivity contribution is 9.09. The molecule has 0 spiro atoms. The van der Waals surface area contributed by atoms with Gasteiger partial charge in [0.05, 0.1) is 0 Å². The van der Waals surface area contributed by atoms with E-state index < -0.39 is 0 Å². The first kappa shape index (κ1) is 15.5. The lowest BCUT2D eigenvalue weighted by Crippen LogP contribution is -2.36. The second-order valence-corrected chi connectivity index (χ2v) is 9.27. The summed E-state index contributed by atoms with van der Waals surface area (Å²) in [5.74, 6) is 1.77. The summed E-state index contributed by atoms with van der Waals surface area (Å²) >= 11 is 3.95. The second kappa shape index (κ2) is 5.63. The van der Waals surface area contributed by atoms with Crippen LogP contribution in [0.3, 0.4) is 0 Å². The van der Waals surface area contributed by atoms with E-state index in [4.69, 9.17) is 0 Å². The highest BCUT2D eigenvalue weighted by atomic mass is 79.9. The van der Waals surface area contributed by atoms with Gasteiger partial charge in [-0.3, -0.25) is 0 Å². The molecule has 1 heteroatoms. The molecule has 1 rings (SSSR count). The van der Waals surface area contributed by atoms with Crippen LogP contribution in [0.4, 0.5) is 0 Å². The SMILES string of the molecule is CC1CCC(C(C)(C)CCC(C)(C)C)C(Br)C1. The molecule has 17 heavy (non-hydrogen) atoms. The van der Waals surface area contributed by atoms with Gasteiger partial charge in [0.2, 0.25) is 0 Å². The molecule has 0 radical (unpaired) electrons. The summed E-state index contributed by atoms with van der Waals surface area (Å²) in [5, 5.41) is 0. The Morgan fingerprint density at radius 3 is 2.06 bits per heavy atom. The maximum absolute atomic E-state index is 3.95. The van der Waals surface area contributed by atoms with E-state index >= 15 is 0 Å². The van der Waals surface area contributed by atoms with Crippen molar-refractivity contribution in [1.82, 2.24) is 0 Å². The Balaban J connectivity index is 2.57. The molecule has 0 amide bonds. The van der Waals surface area contributed by atoms with Crippen molar-refractivity contribution in [3.63, 3.8) is 0 Å². The molecule has 1 aliphatic rings. The van der Waals surface area contributed by atoms with Gasteiger partial charge in [0, 0.05) is 4.83 Å². The predicted molar refractivity (Wildman–Crippen MR) is 81.7 cm³/mol. The van der Waals surface area contributed by atoms with Crippen LogP contribution in [-0.2, 0) is 0 Å². The zero-order valence-corrected chi connectivity index (χ0v) is 14.2. The van der Waals surface area contributed by atoms with Gasteiger partial charge in [-0.15, -0.1) is 0 Å². The number of hydrogen-bond acceptors (Lipinski definition) is 0. The number of alkyl halides is 1. The maximum atomic E-state index is 3.95. The fraction of sp³-hybridized carbons (Fsp3) is 1.00. The summed E-state index contributed by atoms with van der Waals surface area (Å²) in [4.78, 5) is 0.737. The molecule has 0 bridgehead atoms. The molecule has 0 aromatic rings. The Bertz CT molecular complexity index is 236. The number of halogens is 1. The van der Waals surface area contributed by atoms with Crippen LogP contribution in [0, 0.1) is 22.7 Å². The predicted octanol–water partition coefficient (Wildman–Crippen LogP) is 6.04. The molecule has 0 aromatic heterocycles. The maximum Gasteiger partial charge on any atom is 0.0181 e. The average molecular weight is 303 g/mol. The lowest BCUT2D eigenvalue weighted by molar-refractivity contribution is 0.119. The van der Waals surface area contributed by atoms with Crippen LogP contribution in [0.25, 0.3) is 0 Å². The zero-order valence-electron chi connectivity index (χ0n) is 12.6. The molecule has 1 saturated carbocycles. The van der Waals surface area contributed by atoms with Gasteiger partial charge in [0.1, 0.15) is 0 Å². The molecule has 0 nitrogen and oxygen atoms in total. The van der Waals surface area contributed by atoms with E-state index in [9.17, 15) is 0 Å². The topological polar surface area (TPSA) is 0 Å². The molecule has 1 aliphatic carbocycles. The molecule has 3 unspecified atom stereocenters. The monoisotopic (exact) mass is 302 g/mol. The van der Waals surface area contributed by atoms with Crippen molar-refractivity contribution in [3.8, 4) is 0 Å². The van der Waals surface area contributed by atoms with Crippen molar-refractivity contribution in [2.45, 2.75) is 78.5 Å². The molecule has 3 atom stereocenters. The third kappa shape index (κ3) is 4.93. The van der Waals surface area contributed by atoms with Crippen molar-refractivity contribution in [2.24, 2.45) is 22.7 Å². The first-order valence-electron chi connectivity index (χ1n) is 7.26. The van der Waals surface area contributed by atoms with Crippen molar-refractivity contribution >= 4 is 15.9 Å². The molecule has 0 N–H and O–H groups in total. The summed E-state index contributed by atoms with van der Waals surface area (Å²) in [6, 6.07) is 0. The minimum atomic E-state index is 0.473. The Hall–Kier alpha value is 0.480. The molecular weight excluding hydrogens is 272 g/mol. The van der Waals surface area contributed by atoms with Crippen LogP contribution in [0.2, 0.25) is 0 Å². The van der Waals surface area contributed by atoms with Gasteiger partial charge in [-0.2, -0.15) is 0 Å². The van der Waals surface area contributed by atoms with Crippen LogP contribution < -0.4 is 0 Å². The van der Waals surface area contributed by atoms with E-state index in [-0.39, 0.29) is 0 Å². The van der Waals surface area contributed by atoms with Gasteiger partial charge in [0.15, 0.2) is 0 Å². The molecule has 1 fully saturated rings. The largest absolute Gasteiger partial charge is 0.0887 e. The van der Waals surface area contributed by atoms with Crippen LogP contribution >= 0.6 is 15.9 Å². The Morgan fingerprint density at radius 1 is 1.00 bits per heavy atom. The van der Waals surface area contributed by atoms with Crippen molar-refractivity contribution in [2.75, 3.05) is 0 Å². The van der Waals surface area contributed by atoms with Crippen molar-refractivity contribution in [3.05, 3.63) is 0 Å². The molecule has 0 aliphatic heterocycles. The van der Waals surface area contributed by atoms with Gasteiger partial charge < -0.3 is 0 Å². The number of hydrogen-bond donors (Lipinski definition) is 0. The minimum absolute atomic E-state index is 0.473.